The molecule has 0 heterocycles. The summed E-state index contributed by atoms with van der Waals surface area (Å²) in [5, 5.41) is 0. The van der Waals surface area contributed by atoms with Crippen LogP contribution in [0.25, 0.3) is 0 Å². The standard InChI is InChI=1S/C16H21IO3/c1-3-7-15(20-16(12-17)19-13(2)18)11-10-14-8-5-4-6-9-14/h3-6,8-9,15-16H,1,7,10-12H2,2H3. The minimum Gasteiger partial charge on any atom is -0.435 e. The molecule has 0 saturated carbocycles. The van der Waals surface area contributed by atoms with Crippen molar-refractivity contribution >= 4 is 28.6 Å². The van der Waals surface area contributed by atoms with Crippen LogP contribution in [-0.4, -0.2) is 22.8 Å². The van der Waals surface area contributed by atoms with Gasteiger partial charge in [0.1, 0.15) is 0 Å². The minimum atomic E-state index is -0.478. The maximum absolute atomic E-state index is 11.0. The zero-order valence-corrected chi connectivity index (χ0v) is 13.9. The van der Waals surface area contributed by atoms with E-state index in [1.165, 1.54) is 12.5 Å². The summed E-state index contributed by atoms with van der Waals surface area (Å²) in [6.45, 7) is 5.16. The third-order valence-electron chi connectivity index (χ3n) is 2.79. The highest BCUT2D eigenvalue weighted by Crippen LogP contribution is 2.14. The summed E-state index contributed by atoms with van der Waals surface area (Å²) in [7, 11) is 0. The Labute approximate surface area is 134 Å². The highest BCUT2D eigenvalue weighted by Gasteiger charge is 2.17. The number of esters is 1. The van der Waals surface area contributed by atoms with Gasteiger partial charge in [-0.3, -0.25) is 4.79 Å². The molecular formula is C16H21IO3. The van der Waals surface area contributed by atoms with E-state index in [0.29, 0.717) is 4.43 Å². The average molecular weight is 388 g/mol. The van der Waals surface area contributed by atoms with Crippen molar-refractivity contribution in [3.63, 3.8) is 0 Å². The van der Waals surface area contributed by atoms with Crippen LogP contribution in [0, 0.1) is 0 Å². The first-order valence-electron chi connectivity index (χ1n) is 6.69. The van der Waals surface area contributed by atoms with E-state index < -0.39 is 6.29 Å². The normalized spacial score (nSPS) is 13.5. The Morgan fingerprint density at radius 2 is 2.10 bits per heavy atom. The Hall–Kier alpha value is -0.880. The van der Waals surface area contributed by atoms with E-state index in [0.717, 1.165) is 19.3 Å². The van der Waals surface area contributed by atoms with Crippen molar-refractivity contribution in [2.24, 2.45) is 0 Å². The number of rotatable bonds is 9. The van der Waals surface area contributed by atoms with Crippen molar-refractivity contribution in [3.8, 4) is 0 Å². The van der Waals surface area contributed by atoms with Crippen LogP contribution < -0.4 is 0 Å². The SMILES string of the molecule is C=CCC(CCc1ccccc1)OC(CI)OC(C)=O. The van der Waals surface area contributed by atoms with E-state index >= 15 is 0 Å². The third kappa shape index (κ3) is 7.05. The van der Waals surface area contributed by atoms with E-state index in [4.69, 9.17) is 9.47 Å². The van der Waals surface area contributed by atoms with Gasteiger partial charge < -0.3 is 9.47 Å². The Morgan fingerprint density at radius 1 is 1.40 bits per heavy atom. The molecule has 0 aliphatic heterocycles. The minimum absolute atomic E-state index is 0.0202. The third-order valence-corrected chi connectivity index (χ3v) is 3.51. The molecule has 1 rings (SSSR count). The van der Waals surface area contributed by atoms with Crippen LogP contribution in [0.3, 0.4) is 0 Å². The first kappa shape index (κ1) is 17.2. The summed E-state index contributed by atoms with van der Waals surface area (Å²) in [6, 6.07) is 10.3. The van der Waals surface area contributed by atoms with Gasteiger partial charge in [0.15, 0.2) is 0 Å². The van der Waals surface area contributed by atoms with Crippen LogP contribution in [0.5, 0.6) is 0 Å². The lowest BCUT2D eigenvalue weighted by molar-refractivity contribution is -0.180. The molecule has 0 radical (unpaired) electrons. The van der Waals surface area contributed by atoms with Gasteiger partial charge in [0.05, 0.1) is 10.5 Å². The molecule has 0 bridgehead atoms. The summed E-state index contributed by atoms with van der Waals surface area (Å²) in [6.07, 6.45) is 3.95. The molecule has 2 atom stereocenters. The predicted molar refractivity (Wildman–Crippen MR) is 88.9 cm³/mol. The molecule has 2 unspecified atom stereocenters. The number of benzene rings is 1. The predicted octanol–water partition coefficient (Wildman–Crippen LogP) is 3.90. The van der Waals surface area contributed by atoms with Crippen LogP contribution in [0.15, 0.2) is 43.0 Å². The van der Waals surface area contributed by atoms with Crippen molar-refractivity contribution in [3.05, 3.63) is 48.6 Å². The molecule has 0 saturated heterocycles. The molecular weight excluding hydrogens is 367 g/mol. The maximum atomic E-state index is 11.0. The largest absolute Gasteiger partial charge is 0.435 e. The van der Waals surface area contributed by atoms with Gasteiger partial charge in [0.25, 0.3) is 0 Å². The molecule has 4 heteroatoms. The van der Waals surface area contributed by atoms with Gasteiger partial charge in [0.2, 0.25) is 6.29 Å². The fraction of sp³-hybridized carbons (Fsp3) is 0.438. The molecule has 3 nitrogen and oxygen atoms in total. The number of alkyl halides is 1. The van der Waals surface area contributed by atoms with Crippen molar-refractivity contribution in [1.29, 1.82) is 0 Å². The van der Waals surface area contributed by atoms with Gasteiger partial charge in [-0.25, -0.2) is 0 Å². The van der Waals surface area contributed by atoms with Crippen molar-refractivity contribution in [1.82, 2.24) is 0 Å². The van der Waals surface area contributed by atoms with Crippen LogP contribution in [0.2, 0.25) is 0 Å². The molecule has 0 fully saturated rings. The zero-order valence-electron chi connectivity index (χ0n) is 11.8. The Bertz CT molecular complexity index is 405. The van der Waals surface area contributed by atoms with E-state index in [2.05, 4.69) is 41.3 Å². The second-order valence-electron chi connectivity index (χ2n) is 4.50. The van der Waals surface area contributed by atoms with Crippen LogP contribution in [0.1, 0.15) is 25.3 Å². The fourth-order valence-corrected chi connectivity index (χ4v) is 2.28. The number of carbonyl (C=O) groups excluding carboxylic acids is 1. The molecule has 0 aromatic heterocycles. The highest BCUT2D eigenvalue weighted by atomic mass is 127. The summed E-state index contributed by atoms with van der Waals surface area (Å²) in [5.74, 6) is -0.313. The number of hydrogen-bond donors (Lipinski definition) is 0. The van der Waals surface area contributed by atoms with Crippen molar-refractivity contribution in [2.75, 3.05) is 4.43 Å². The van der Waals surface area contributed by atoms with Crippen molar-refractivity contribution in [2.45, 2.75) is 38.6 Å². The molecule has 20 heavy (non-hydrogen) atoms. The molecule has 0 aliphatic rings. The second-order valence-corrected chi connectivity index (χ2v) is 5.38. The van der Waals surface area contributed by atoms with E-state index in [1.54, 1.807) is 0 Å². The van der Waals surface area contributed by atoms with Gasteiger partial charge in [-0.2, -0.15) is 0 Å². The van der Waals surface area contributed by atoms with Gasteiger partial charge in [-0.05, 0) is 24.8 Å². The second kappa shape index (κ2) is 9.94. The highest BCUT2D eigenvalue weighted by molar-refractivity contribution is 14.1. The molecule has 1 aromatic carbocycles. The molecule has 110 valence electrons. The first-order valence-corrected chi connectivity index (χ1v) is 8.21. The molecule has 0 amide bonds. The smallest absolute Gasteiger partial charge is 0.304 e. The Balaban J connectivity index is 2.50. The molecule has 1 aromatic rings. The Kier molecular flexibility index (Phi) is 8.53. The summed E-state index contributed by atoms with van der Waals surface area (Å²) < 4.78 is 11.6. The number of halogens is 1. The molecule has 0 spiro atoms. The van der Waals surface area contributed by atoms with E-state index in [9.17, 15) is 4.79 Å². The quantitative estimate of drug-likeness (QED) is 0.212. The van der Waals surface area contributed by atoms with E-state index in [-0.39, 0.29) is 12.1 Å². The molecule has 0 N–H and O–H groups in total. The van der Waals surface area contributed by atoms with E-state index in [1.807, 2.05) is 24.3 Å². The zero-order chi connectivity index (χ0) is 14.8. The van der Waals surface area contributed by atoms with Gasteiger partial charge in [-0.15, -0.1) is 6.58 Å². The number of ether oxygens (including phenoxy) is 2. The van der Waals surface area contributed by atoms with Gasteiger partial charge >= 0.3 is 5.97 Å². The van der Waals surface area contributed by atoms with Crippen LogP contribution in [0.4, 0.5) is 0 Å². The summed E-state index contributed by atoms with van der Waals surface area (Å²) in [4.78, 5) is 11.0. The van der Waals surface area contributed by atoms with Gasteiger partial charge in [0, 0.05) is 6.92 Å². The first-order chi connectivity index (χ1) is 9.65. The fourth-order valence-electron chi connectivity index (χ4n) is 1.90. The number of hydrogen-bond acceptors (Lipinski definition) is 3. The summed E-state index contributed by atoms with van der Waals surface area (Å²) >= 11 is 2.16. The average Bonchev–Trinajstić information content (AvgIpc) is 2.44. The van der Waals surface area contributed by atoms with Crippen molar-refractivity contribution < 1.29 is 14.3 Å². The Morgan fingerprint density at radius 3 is 2.65 bits per heavy atom. The monoisotopic (exact) mass is 388 g/mol. The van der Waals surface area contributed by atoms with Crippen LogP contribution >= 0.6 is 22.6 Å². The number of aryl methyl sites for hydroxylation is 1. The number of carbonyl (C=O) groups is 1. The lowest BCUT2D eigenvalue weighted by Crippen LogP contribution is -2.27. The lowest BCUT2D eigenvalue weighted by atomic mass is 10.1. The summed E-state index contributed by atoms with van der Waals surface area (Å²) in [5.41, 5.74) is 1.28. The van der Waals surface area contributed by atoms with Crippen LogP contribution in [-0.2, 0) is 20.7 Å². The molecule has 0 aliphatic carbocycles. The van der Waals surface area contributed by atoms with Gasteiger partial charge in [-0.1, -0.05) is 59.0 Å². The lowest BCUT2D eigenvalue weighted by Gasteiger charge is -2.22. The topological polar surface area (TPSA) is 35.5 Å². The maximum Gasteiger partial charge on any atom is 0.304 e.